The minimum Gasteiger partial charge on any atom is -0.467 e. The SMILES string of the molecule is COC(=O)[C@]1(O)CC/C=C/[C@H](O)CC1. The third-order valence-corrected chi connectivity index (χ3v) is 2.50. The largest absolute Gasteiger partial charge is 0.467 e. The van der Waals surface area contributed by atoms with Crippen molar-refractivity contribution in [3.63, 3.8) is 0 Å². The first-order valence-electron chi connectivity index (χ1n) is 4.74. The van der Waals surface area contributed by atoms with Gasteiger partial charge < -0.3 is 14.9 Å². The van der Waals surface area contributed by atoms with Crippen LogP contribution in [-0.2, 0) is 9.53 Å². The fourth-order valence-electron chi connectivity index (χ4n) is 1.58. The lowest BCUT2D eigenvalue weighted by Crippen LogP contribution is -2.40. The van der Waals surface area contributed by atoms with E-state index < -0.39 is 17.7 Å². The van der Waals surface area contributed by atoms with Gasteiger partial charge in [-0.3, -0.25) is 0 Å². The zero-order chi connectivity index (χ0) is 10.6. The van der Waals surface area contributed by atoms with E-state index in [-0.39, 0.29) is 6.42 Å². The lowest BCUT2D eigenvalue weighted by molar-refractivity contribution is -0.164. The number of hydrogen-bond donors (Lipinski definition) is 2. The Kier molecular flexibility index (Phi) is 3.66. The Labute approximate surface area is 83.2 Å². The van der Waals surface area contributed by atoms with Crippen LogP contribution in [0.2, 0.25) is 0 Å². The molecule has 0 amide bonds. The first-order chi connectivity index (χ1) is 6.58. The van der Waals surface area contributed by atoms with E-state index in [1.807, 2.05) is 0 Å². The molecular formula is C10H16O4. The van der Waals surface area contributed by atoms with Crippen molar-refractivity contribution in [3.05, 3.63) is 12.2 Å². The Morgan fingerprint density at radius 3 is 2.93 bits per heavy atom. The van der Waals surface area contributed by atoms with E-state index in [0.29, 0.717) is 19.3 Å². The van der Waals surface area contributed by atoms with Gasteiger partial charge >= 0.3 is 5.97 Å². The number of carbonyl (C=O) groups is 1. The number of esters is 1. The van der Waals surface area contributed by atoms with Crippen LogP contribution in [0.15, 0.2) is 12.2 Å². The number of ether oxygens (including phenoxy) is 1. The van der Waals surface area contributed by atoms with Crippen LogP contribution in [0.4, 0.5) is 0 Å². The second-order valence-electron chi connectivity index (χ2n) is 3.60. The Balaban J connectivity index is 2.69. The zero-order valence-electron chi connectivity index (χ0n) is 8.27. The van der Waals surface area contributed by atoms with Crippen LogP contribution in [0.5, 0.6) is 0 Å². The maximum Gasteiger partial charge on any atom is 0.337 e. The van der Waals surface area contributed by atoms with E-state index in [4.69, 9.17) is 0 Å². The van der Waals surface area contributed by atoms with Crippen LogP contribution in [-0.4, -0.2) is 35.0 Å². The highest BCUT2D eigenvalue weighted by molar-refractivity contribution is 5.79. The summed E-state index contributed by atoms with van der Waals surface area (Å²) in [5, 5.41) is 19.3. The molecule has 80 valence electrons. The molecule has 0 aromatic rings. The van der Waals surface area contributed by atoms with Crippen molar-refractivity contribution in [3.8, 4) is 0 Å². The van der Waals surface area contributed by atoms with Gasteiger partial charge in [0.1, 0.15) is 0 Å². The molecule has 0 unspecified atom stereocenters. The third-order valence-electron chi connectivity index (χ3n) is 2.50. The smallest absolute Gasteiger partial charge is 0.337 e. The van der Waals surface area contributed by atoms with Gasteiger partial charge in [0.15, 0.2) is 5.60 Å². The summed E-state index contributed by atoms with van der Waals surface area (Å²) >= 11 is 0. The number of aliphatic hydroxyl groups is 2. The van der Waals surface area contributed by atoms with Crippen molar-refractivity contribution in [2.75, 3.05) is 7.11 Å². The predicted molar refractivity (Wildman–Crippen MR) is 50.6 cm³/mol. The maximum atomic E-state index is 11.3. The van der Waals surface area contributed by atoms with Crippen molar-refractivity contribution in [1.29, 1.82) is 0 Å². The molecule has 1 aliphatic rings. The van der Waals surface area contributed by atoms with E-state index >= 15 is 0 Å². The first kappa shape index (κ1) is 11.2. The van der Waals surface area contributed by atoms with E-state index in [0.717, 1.165) is 0 Å². The summed E-state index contributed by atoms with van der Waals surface area (Å²) in [6.07, 6.45) is 4.43. The van der Waals surface area contributed by atoms with Crippen molar-refractivity contribution < 1.29 is 19.7 Å². The number of aliphatic hydroxyl groups excluding tert-OH is 1. The van der Waals surface area contributed by atoms with Crippen LogP contribution in [0.1, 0.15) is 25.7 Å². The van der Waals surface area contributed by atoms with Gasteiger partial charge in [0, 0.05) is 0 Å². The predicted octanol–water partition coefficient (Wildman–Crippen LogP) is 0.382. The molecule has 0 aromatic carbocycles. The lowest BCUT2D eigenvalue weighted by atomic mass is 9.89. The summed E-state index contributed by atoms with van der Waals surface area (Å²) in [7, 11) is 1.26. The molecule has 4 heteroatoms. The number of rotatable bonds is 1. The molecule has 0 spiro atoms. The molecule has 0 radical (unpaired) electrons. The van der Waals surface area contributed by atoms with Crippen molar-refractivity contribution in [2.24, 2.45) is 0 Å². The highest BCUT2D eigenvalue weighted by atomic mass is 16.5. The van der Waals surface area contributed by atoms with Crippen molar-refractivity contribution in [1.82, 2.24) is 0 Å². The Hall–Kier alpha value is -0.870. The van der Waals surface area contributed by atoms with Gasteiger partial charge in [-0.1, -0.05) is 12.2 Å². The van der Waals surface area contributed by atoms with Crippen LogP contribution < -0.4 is 0 Å². The average Bonchev–Trinajstić information content (AvgIpc) is 2.18. The summed E-state index contributed by atoms with van der Waals surface area (Å²) < 4.78 is 4.53. The summed E-state index contributed by atoms with van der Waals surface area (Å²) in [4.78, 5) is 11.3. The standard InChI is InChI=1S/C10H16O4/c1-14-9(12)10(13)6-3-2-4-8(11)5-7-10/h2,4,8,11,13H,3,5-7H2,1H3/b4-2+/t8-,10-/m0/s1. The van der Waals surface area contributed by atoms with Gasteiger partial charge in [-0.2, -0.15) is 0 Å². The van der Waals surface area contributed by atoms with Crippen LogP contribution in [0, 0.1) is 0 Å². The van der Waals surface area contributed by atoms with Gasteiger partial charge in [0.25, 0.3) is 0 Å². The fraction of sp³-hybridized carbons (Fsp3) is 0.700. The number of allylic oxidation sites excluding steroid dienone is 1. The molecular weight excluding hydrogens is 184 g/mol. The average molecular weight is 200 g/mol. The molecule has 0 saturated carbocycles. The second kappa shape index (κ2) is 4.57. The highest BCUT2D eigenvalue weighted by Crippen LogP contribution is 2.24. The van der Waals surface area contributed by atoms with E-state index in [2.05, 4.69) is 4.74 Å². The molecule has 2 atom stereocenters. The first-order valence-corrected chi connectivity index (χ1v) is 4.74. The molecule has 0 fully saturated rings. The van der Waals surface area contributed by atoms with E-state index in [9.17, 15) is 15.0 Å². The molecule has 0 saturated heterocycles. The summed E-state index contributed by atoms with van der Waals surface area (Å²) in [5.74, 6) is -0.611. The Bertz CT molecular complexity index is 236. The lowest BCUT2D eigenvalue weighted by Gasteiger charge is -2.26. The fourth-order valence-corrected chi connectivity index (χ4v) is 1.58. The molecule has 0 aromatic heterocycles. The van der Waals surface area contributed by atoms with Crippen LogP contribution in [0.3, 0.4) is 0 Å². The minimum absolute atomic E-state index is 0.241. The molecule has 1 rings (SSSR count). The van der Waals surface area contributed by atoms with Gasteiger partial charge in [0.05, 0.1) is 13.2 Å². The van der Waals surface area contributed by atoms with Crippen LogP contribution in [0.25, 0.3) is 0 Å². The Morgan fingerprint density at radius 2 is 2.29 bits per heavy atom. The molecule has 0 heterocycles. The third kappa shape index (κ3) is 2.56. The zero-order valence-corrected chi connectivity index (χ0v) is 8.27. The molecule has 1 aliphatic carbocycles. The second-order valence-corrected chi connectivity index (χ2v) is 3.60. The summed E-state index contributed by atoms with van der Waals surface area (Å²) in [5.41, 5.74) is -1.43. The Morgan fingerprint density at radius 1 is 1.57 bits per heavy atom. The molecule has 2 N–H and O–H groups in total. The van der Waals surface area contributed by atoms with Crippen molar-refractivity contribution >= 4 is 5.97 Å². The maximum absolute atomic E-state index is 11.3. The number of methoxy groups -OCH3 is 1. The molecule has 0 aliphatic heterocycles. The van der Waals surface area contributed by atoms with Crippen molar-refractivity contribution in [2.45, 2.75) is 37.4 Å². The van der Waals surface area contributed by atoms with Gasteiger partial charge in [-0.05, 0) is 25.7 Å². The normalized spacial score (nSPS) is 35.5. The minimum atomic E-state index is -1.43. The number of hydrogen-bond acceptors (Lipinski definition) is 4. The molecule has 0 bridgehead atoms. The molecule has 14 heavy (non-hydrogen) atoms. The van der Waals surface area contributed by atoms with Gasteiger partial charge in [0.2, 0.25) is 0 Å². The van der Waals surface area contributed by atoms with Gasteiger partial charge in [-0.25, -0.2) is 4.79 Å². The van der Waals surface area contributed by atoms with Gasteiger partial charge in [-0.15, -0.1) is 0 Å². The summed E-state index contributed by atoms with van der Waals surface area (Å²) in [6, 6.07) is 0. The van der Waals surface area contributed by atoms with E-state index in [1.165, 1.54) is 7.11 Å². The summed E-state index contributed by atoms with van der Waals surface area (Å²) in [6.45, 7) is 0. The number of carbonyl (C=O) groups excluding carboxylic acids is 1. The quantitative estimate of drug-likeness (QED) is 0.474. The van der Waals surface area contributed by atoms with Crippen LogP contribution >= 0.6 is 0 Å². The topological polar surface area (TPSA) is 66.8 Å². The molecule has 4 nitrogen and oxygen atoms in total. The monoisotopic (exact) mass is 200 g/mol. The van der Waals surface area contributed by atoms with E-state index in [1.54, 1.807) is 12.2 Å². The highest BCUT2D eigenvalue weighted by Gasteiger charge is 2.36.